The standard InChI is InChI=1S/C16H20N4O3S/c1-11-17-16(24-18-11)20-6-4-19(5-7-20)15(21)12-8-13(22-2)10-14(9-12)23-3/h8-10H,4-7H2,1-3H3. The van der Waals surface area contributed by atoms with Crippen LogP contribution in [-0.4, -0.2) is 60.6 Å². The fourth-order valence-electron chi connectivity index (χ4n) is 2.63. The van der Waals surface area contributed by atoms with Gasteiger partial charge in [-0.05, 0) is 19.1 Å². The highest BCUT2D eigenvalue weighted by molar-refractivity contribution is 7.09. The van der Waals surface area contributed by atoms with Crippen LogP contribution in [0.3, 0.4) is 0 Å². The summed E-state index contributed by atoms with van der Waals surface area (Å²) in [5.74, 6) is 2.00. The molecule has 1 aromatic heterocycles. The van der Waals surface area contributed by atoms with Gasteiger partial charge in [-0.2, -0.15) is 4.37 Å². The molecule has 24 heavy (non-hydrogen) atoms. The van der Waals surface area contributed by atoms with Crippen molar-refractivity contribution in [3.8, 4) is 11.5 Å². The summed E-state index contributed by atoms with van der Waals surface area (Å²) in [7, 11) is 3.15. The molecule has 2 aromatic rings. The molecule has 7 nitrogen and oxygen atoms in total. The lowest BCUT2D eigenvalue weighted by Crippen LogP contribution is -2.48. The van der Waals surface area contributed by atoms with Crippen LogP contribution in [-0.2, 0) is 0 Å². The molecule has 2 heterocycles. The van der Waals surface area contributed by atoms with Gasteiger partial charge in [0.1, 0.15) is 17.3 Å². The fourth-order valence-corrected chi connectivity index (χ4v) is 3.35. The molecule has 1 fully saturated rings. The molecular formula is C16H20N4O3S. The quantitative estimate of drug-likeness (QED) is 0.840. The first-order valence-corrected chi connectivity index (χ1v) is 8.45. The Morgan fingerprint density at radius 3 is 2.21 bits per heavy atom. The first-order valence-electron chi connectivity index (χ1n) is 7.68. The Balaban J connectivity index is 1.69. The Labute approximate surface area is 145 Å². The molecular weight excluding hydrogens is 328 g/mol. The maximum absolute atomic E-state index is 12.8. The number of ether oxygens (including phenoxy) is 2. The van der Waals surface area contributed by atoms with Crippen molar-refractivity contribution in [2.45, 2.75) is 6.92 Å². The monoisotopic (exact) mass is 348 g/mol. The van der Waals surface area contributed by atoms with Crippen LogP contribution in [0.15, 0.2) is 18.2 Å². The molecule has 1 saturated heterocycles. The molecule has 1 aliphatic rings. The number of nitrogens with zero attached hydrogens (tertiary/aromatic N) is 4. The lowest BCUT2D eigenvalue weighted by atomic mass is 10.1. The molecule has 0 atom stereocenters. The van der Waals surface area contributed by atoms with Crippen LogP contribution in [0.5, 0.6) is 11.5 Å². The van der Waals surface area contributed by atoms with E-state index in [4.69, 9.17) is 9.47 Å². The summed E-state index contributed by atoms with van der Waals surface area (Å²) in [5.41, 5.74) is 0.575. The molecule has 1 aliphatic heterocycles. The van der Waals surface area contributed by atoms with E-state index in [-0.39, 0.29) is 5.91 Å². The third-order valence-corrected chi connectivity index (χ3v) is 4.82. The number of amides is 1. The van der Waals surface area contributed by atoms with Crippen LogP contribution < -0.4 is 14.4 Å². The fraction of sp³-hybridized carbons (Fsp3) is 0.438. The van der Waals surface area contributed by atoms with Crippen molar-refractivity contribution in [2.75, 3.05) is 45.3 Å². The number of anilines is 1. The Morgan fingerprint density at radius 1 is 1.08 bits per heavy atom. The third-order valence-electron chi connectivity index (χ3n) is 3.95. The van der Waals surface area contributed by atoms with Gasteiger partial charge in [0.25, 0.3) is 5.91 Å². The van der Waals surface area contributed by atoms with Crippen molar-refractivity contribution in [1.82, 2.24) is 14.3 Å². The van der Waals surface area contributed by atoms with Crippen LogP contribution in [0.4, 0.5) is 5.13 Å². The van der Waals surface area contributed by atoms with Crippen molar-refractivity contribution >= 4 is 22.6 Å². The minimum absolute atomic E-state index is 0.0136. The van der Waals surface area contributed by atoms with Gasteiger partial charge in [-0.1, -0.05) is 0 Å². The van der Waals surface area contributed by atoms with Crippen molar-refractivity contribution in [1.29, 1.82) is 0 Å². The molecule has 0 radical (unpaired) electrons. The van der Waals surface area contributed by atoms with E-state index in [1.165, 1.54) is 11.5 Å². The summed E-state index contributed by atoms with van der Waals surface area (Å²) in [4.78, 5) is 21.2. The zero-order valence-corrected chi connectivity index (χ0v) is 14.8. The van der Waals surface area contributed by atoms with E-state index in [9.17, 15) is 4.79 Å². The predicted molar refractivity (Wildman–Crippen MR) is 92.3 cm³/mol. The number of aromatic nitrogens is 2. The number of hydrogen-bond donors (Lipinski definition) is 0. The minimum atomic E-state index is -0.0136. The zero-order chi connectivity index (χ0) is 17.1. The second kappa shape index (κ2) is 7.04. The number of hydrogen-bond acceptors (Lipinski definition) is 7. The van der Waals surface area contributed by atoms with Gasteiger partial charge in [0.05, 0.1) is 14.2 Å². The van der Waals surface area contributed by atoms with E-state index in [2.05, 4.69) is 14.3 Å². The molecule has 0 spiro atoms. The average Bonchev–Trinajstić information content (AvgIpc) is 3.07. The summed E-state index contributed by atoms with van der Waals surface area (Å²) in [6.45, 7) is 4.69. The molecule has 0 unspecified atom stereocenters. The lowest BCUT2D eigenvalue weighted by Gasteiger charge is -2.34. The van der Waals surface area contributed by atoms with Gasteiger partial charge in [-0.25, -0.2) is 4.98 Å². The van der Waals surface area contributed by atoms with Gasteiger partial charge >= 0.3 is 0 Å². The van der Waals surface area contributed by atoms with Gasteiger partial charge in [0, 0.05) is 49.3 Å². The largest absolute Gasteiger partial charge is 0.497 e. The van der Waals surface area contributed by atoms with Crippen LogP contribution >= 0.6 is 11.5 Å². The molecule has 0 N–H and O–H groups in total. The SMILES string of the molecule is COc1cc(OC)cc(C(=O)N2CCN(c3nc(C)ns3)CC2)c1. The predicted octanol–water partition coefficient (Wildman–Crippen LogP) is 1.83. The van der Waals surface area contributed by atoms with E-state index in [1.54, 1.807) is 32.4 Å². The molecule has 1 aromatic carbocycles. The van der Waals surface area contributed by atoms with Gasteiger partial charge in [0.2, 0.25) is 5.13 Å². The van der Waals surface area contributed by atoms with Gasteiger partial charge in [0.15, 0.2) is 0 Å². The number of carbonyl (C=O) groups is 1. The van der Waals surface area contributed by atoms with Gasteiger partial charge in [-0.3, -0.25) is 4.79 Å². The normalized spacial score (nSPS) is 14.6. The summed E-state index contributed by atoms with van der Waals surface area (Å²) in [5, 5.41) is 0.919. The van der Waals surface area contributed by atoms with E-state index < -0.39 is 0 Å². The highest BCUT2D eigenvalue weighted by Crippen LogP contribution is 2.24. The molecule has 0 aliphatic carbocycles. The number of piperazine rings is 1. The Hall–Kier alpha value is -2.35. The van der Waals surface area contributed by atoms with Crippen LogP contribution in [0.1, 0.15) is 16.2 Å². The zero-order valence-electron chi connectivity index (χ0n) is 14.0. The average molecular weight is 348 g/mol. The molecule has 128 valence electrons. The Morgan fingerprint density at radius 2 is 1.71 bits per heavy atom. The number of methoxy groups -OCH3 is 2. The van der Waals surface area contributed by atoms with E-state index >= 15 is 0 Å². The van der Waals surface area contributed by atoms with Crippen LogP contribution in [0.2, 0.25) is 0 Å². The van der Waals surface area contributed by atoms with Crippen molar-refractivity contribution in [2.24, 2.45) is 0 Å². The maximum Gasteiger partial charge on any atom is 0.254 e. The molecule has 0 saturated carbocycles. The van der Waals surface area contributed by atoms with Gasteiger partial charge in [-0.15, -0.1) is 0 Å². The number of rotatable bonds is 4. The summed E-state index contributed by atoms with van der Waals surface area (Å²) < 4.78 is 14.7. The van der Waals surface area contributed by atoms with Crippen molar-refractivity contribution < 1.29 is 14.3 Å². The third kappa shape index (κ3) is 3.43. The topological polar surface area (TPSA) is 67.8 Å². The summed E-state index contributed by atoms with van der Waals surface area (Å²) in [6, 6.07) is 5.24. The molecule has 1 amide bonds. The second-order valence-electron chi connectivity index (χ2n) is 5.50. The minimum Gasteiger partial charge on any atom is -0.497 e. The lowest BCUT2D eigenvalue weighted by molar-refractivity contribution is 0.0746. The second-order valence-corrected chi connectivity index (χ2v) is 6.24. The molecule has 8 heteroatoms. The van der Waals surface area contributed by atoms with E-state index in [0.29, 0.717) is 30.2 Å². The van der Waals surface area contributed by atoms with Gasteiger partial charge < -0.3 is 19.3 Å². The van der Waals surface area contributed by atoms with Crippen LogP contribution in [0.25, 0.3) is 0 Å². The molecule has 0 bridgehead atoms. The number of carbonyl (C=O) groups excluding carboxylic acids is 1. The highest BCUT2D eigenvalue weighted by Gasteiger charge is 2.24. The smallest absolute Gasteiger partial charge is 0.254 e. The number of benzene rings is 1. The highest BCUT2D eigenvalue weighted by atomic mass is 32.1. The van der Waals surface area contributed by atoms with Crippen LogP contribution in [0, 0.1) is 6.92 Å². The van der Waals surface area contributed by atoms with E-state index in [0.717, 1.165) is 24.0 Å². The Kier molecular flexibility index (Phi) is 4.84. The first-order chi connectivity index (χ1) is 11.6. The first kappa shape index (κ1) is 16.5. The van der Waals surface area contributed by atoms with Crippen molar-refractivity contribution in [3.63, 3.8) is 0 Å². The summed E-state index contributed by atoms with van der Waals surface area (Å²) in [6.07, 6.45) is 0. The molecule has 3 rings (SSSR count). The van der Waals surface area contributed by atoms with Crippen molar-refractivity contribution in [3.05, 3.63) is 29.6 Å². The maximum atomic E-state index is 12.8. The number of aryl methyl sites for hydroxylation is 1. The Bertz CT molecular complexity index is 704. The summed E-state index contributed by atoms with van der Waals surface area (Å²) >= 11 is 1.40. The van der Waals surface area contributed by atoms with E-state index in [1.807, 2.05) is 11.8 Å².